The minimum Gasteiger partial charge on any atom is -0.756 e. The molecule has 0 radical (unpaired) electrons. The van der Waals surface area contributed by atoms with E-state index in [1.54, 1.807) is 6.08 Å². The van der Waals surface area contributed by atoms with Crippen LogP contribution in [0.2, 0.25) is 0 Å². The van der Waals surface area contributed by atoms with Gasteiger partial charge in [0.05, 0.1) is 39.9 Å². The highest BCUT2D eigenvalue weighted by atomic mass is 31.2. The molecule has 0 spiro atoms. The van der Waals surface area contributed by atoms with Crippen LogP contribution < -0.4 is 10.2 Å². The lowest BCUT2D eigenvalue weighted by Gasteiger charge is -2.29. The fourth-order valence-corrected chi connectivity index (χ4v) is 10.8. The summed E-state index contributed by atoms with van der Waals surface area (Å²) in [6.45, 7) is 4.71. The van der Waals surface area contributed by atoms with Gasteiger partial charge in [-0.25, -0.2) is 0 Å². The van der Waals surface area contributed by atoms with E-state index >= 15 is 0 Å². The number of carbonyl (C=O) groups is 1. The van der Waals surface area contributed by atoms with Gasteiger partial charge in [-0.3, -0.25) is 9.36 Å². The third kappa shape index (κ3) is 58.7. The number of unbranched alkanes of at least 4 members (excludes halogenated alkanes) is 46. The van der Waals surface area contributed by atoms with Crippen molar-refractivity contribution in [1.82, 2.24) is 5.32 Å². The van der Waals surface area contributed by atoms with E-state index in [9.17, 15) is 19.4 Å². The first kappa shape index (κ1) is 73.0. The minimum absolute atomic E-state index is 0.00151. The number of rotatable bonds is 61. The van der Waals surface area contributed by atoms with Crippen molar-refractivity contribution < 1.29 is 32.9 Å². The quantitative estimate of drug-likeness (QED) is 0.0272. The zero-order valence-corrected chi connectivity index (χ0v) is 51.2. The van der Waals surface area contributed by atoms with Crippen LogP contribution in [-0.4, -0.2) is 68.5 Å². The maximum Gasteiger partial charge on any atom is 0.268 e. The molecule has 0 aliphatic rings. The first-order valence-electron chi connectivity index (χ1n) is 32.7. The third-order valence-electron chi connectivity index (χ3n) is 15.2. The third-order valence-corrected chi connectivity index (χ3v) is 16.1. The Bertz CT molecular complexity index is 1260. The summed E-state index contributed by atoms with van der Waals surface area (Å²) in [7, 11) is 1.28. The molecule has 440 valence electrons. The van der Waals surface area contributed by atoms with E-state index in [0.717, 1.165) is 38.5 Å². The number of aliphatic hydroxyl groups is 1. The summed E-state index contributed by atoms with van der Waals surface area (Å²) >= 11 is 0. The number of amides is 1. The van der Waals surface area contributed by atoms with Crippen LogP contribution in [0.5, 0.6) is 0 Å². The normalized spacial score (nSPS) is 13.9. The van der Waals surface area contributed by atoms with Crippen LogP contribution in [0, 0.1) is 0 Å². The van der Waals surface area contributed by atoms with E-state index in [0.29, 0.717) is 17.4 Å². The zero-order chi connectivity index (χ0) is 54.2. The second kappa shape index (κ2) is 56.7. The molecule has 0 bridgehead atoms. The van der Waals surface area contributed by atoms with Gasteiger partial charge in [-0.1, -0.05) is 308 Å². The Labute approximate surface area is 462 Å². The Morgan fingerprint density at radius 2 is 0.743 bits per heavy atom. The molecule has 0 aliphatic heterocycles. The molecule has 2 N–H and O–H groups in total. The van der Waals surface area contributed by atoms with Crippen molar-refractivity contribution in [1.29, 1.82) is 0 Å². The Hall–Kier alpha value is -1.02. The van der Waals surface area contributed by atoms with Crippen LogP contribution in [0.25, 0.3) is 0 Å². The SMILES string of the molecule is CCCCCCCCCC/C=C\CCCCCCCCCCCCCCCCCC(=O)NC(COP(=O)([O-])OCC[N+](C)(C)C)C(O)/C=C/CCCCCCCCCCCCCCCCCCCCCCCCC. The molecule has 74 heavy (non-hydrogen) atoms. The smallest absolute Gasteiger partial charge is 0.268 e. The zero-order valence-electron chi connectivity index (χ0n) is 50.3. The monoisotopic (exact) mass is 1060 g/mol. The van der Waals surface area contributed by atoms with Gasteiger partial charge < -0.3 is 28.8 Å². The van der Waals surface area contributed by atoms with Gasteiger partial charge in [-0.2, -0.15) is 0 Å². The van der Waals surface area contributed by atoms with Gasteiger partial charge in [0.1, 0.15) is 13.2 Å². The Kier molecular flexibility index (Phi) is 55.9. The van der Waals surface area contributed by atoms with Crippen molar-refractivity contribution in [2.24, 2.45) is 0 Å². The Morgan fingerprint density at radius 3 is 1.05 bits per heavy atom. The topological polar surface area (TPSA) is 108 Å². The lowest BCUT2D eigenvalue weighted by molar-refractivity contribution is -0.870. The molecule has 0 fully saturated rings. The van der Waals surface area contributed by atoms with E-state index in [1.807, 2.05) is 27.2 Å². The molecule has 0 saturated carbocycles. The van der Waals surface area contributed by atoms with Crippen LogP contribution in [-0.2, 0) is 18.4 Å². The van der Waals surface area contributed by atoms with Gasteiger partial charge in [0, 0.05) is 6.42 Å². The van der Waals surface area contributed by atoms with Gasteiger partial charge in [0.25, 0.3) is 7.82 Å². The van der Waals surface area contributed by atoms with E-state index < -0.39 is 20.0 Å². The molecule has 3 unspecified atom stereocenters. The summed E-state index contributed by atoms with van der Waals surface area (Å²) in [6.07, 6.45) is 72.8. The van der Waals surface area contributed by atoms with Crippen LogP contribution in [0.3, 0.4) is 0 Å². The number of hydrogen-bond acceptors (Lipinski definition) is 6. The summed E-state index contributed by atoms with van der Waals surface area (Å²) in [5.74, 6) is -0.190. The van der Waals surface area contributed by atoms with Gasteiger partial charge >= 0.3 is 0 Å². The number of phosphoric acid groups is 1. The fraction of sp³-hybridized carbons (Fsp3) is 0.923. The summed E-state index contributed by atoms with van der Waals surface area (Å²) in [6, 6.07) is -0.885. The maximum atomic E-state index is 13.0. The number of phosphoric ester groups is 1. The number of likely N-dealkylation sites (N-methyl/N-ethyl adjacent to an activating group) is 1. The predicted molar refractivity (Wildman–Crippen MR) is 321 cm³/mol. The first-order chi connectivity index (χ1) is 36.0. The predicted octanol–water partition coefficient (Wildman–Crippen LogP) is 19.7. The molecule has 9 heteroatoms. The van der Waals surface area contributed by atoms with Gasteiger partial charge in [0.2, 0.25) is 5.91 Å². The summed E-state index contributed by atoms with van der Waals surface area (Å²) < 4.78 is 23.4. The van der Waals surface area contributed by atoms with Crippen LogP contribution in [0.15, 0.2) is 24.3 Å². The van der Waals surface area contributed by atoms with Crippen molar-refractivity contribution in [3.8, 4) is 0 Å². The molecule has 0 rings (SSSR count). The number of nitrogens with zero attached hydrogens (tertiary/aromatic N) is 1. The minimum atomic E-state index is -4.60. The first-order valence-corrected chi connectivity index (χ1v) is 34.2. The molecular weight excluding hydrogens is 936 g/mol. The molecule has 0 aromatic carbocycles. The van der Waals surface area contributed by atoms with Crippen molar-refractivity contribution in [2.75, 3.05) is 40.9 Å². The molecule has 0 aliphatic carbocycles. The Morgan fingerprint density at radius 1 is 0.459 bits per heavy atom. The van der Waals surface area contributed by atoms with Crippen LogP contribution >= 0.6 is 7.82 Å². The van der Waals surface area contributed by atoms with Crippen LogP contribution in [0.1, 0.15) is 335 Å². The summed E-state index contributed by atoms with van der Waals surface area (Å²) in [4.78, 5) is 25.6. The number of quaternary nitrogens is 1. The molecule has 8 nitrogen and oxygen atoms in total. The molecule has 1 amide bonds. The largest absolute Gasteiger partial charge is 0.756 e. The van der Waals surface area contributed by atoms with Crippen molar-refractivity contribution in [3.05, 3.63) is 24.3 Å². The van der Waals surface area contributed by atoms with Gasteiger partial charge in [-0.05, 0) is 44.9 Å². The van der Waals surface area contributed by atoms with Crippen molar-refractivity contribution >= 4 is 13.7 Å². The van der Waals surface area contributed by atoms with E-state index in [2.05, 4.69) is 31.3 Å². The standard InChI is InChI=1S/C65H129N2O6P/c1-6-8-10-12-14-16-18-20-22-24-26-28-30-32-33-35-37-39-41-43-45-47-49-51-53-55-57-59-65(69)66-63(62-73-74(70,71)72-61-60-67(3,4)5)64(68)58-56-54-52-50-48-46-44-42-40-38-36-34-31-29-27-25-23-21-19-17-15-13-11-9-7-2/h24,26,56,58,63-64,68H,6-23,25,27-55,57,59-62H2,1-5H3,(H-,66,69,70,71)/b26-24-,58-56+. The fourth-order valence-electron chi connectivity index (χ4n) is 10.0. The highest BCUT2D eigenvalue weighted by Crippen LogP contribution is 2.38. The van der Waals surface area contributed by atoms with E-state index in [4.69, 9.17) is 9.05 Å². The molecule has 0 heterocycles. The highest BCUT2D eigenvalue weighted by molar-refractivity contribution is 7.45. The average molecular weight is 1070 g/mol. The summed E-state index contributed by atoms with van der Waals surface area (Å²) in [5, 5.41) is 13.9. The second-order valence-electron chi connectivity index (χ2n) is 23.8. The number of allylic oxidation sites excluding steroid dienone is 3. The van der Waals surface area contributed by atoms with E-state index in [-0.39, 0.29) is 19.1 Å². The van der Waals surface area contributed by atoms with Gasteiger partial charge in [-0.15, -0.1) is 0 Å². The number of nitrogens with one attached hydrogen (secondary N) is 1. The Balaban J connectivity index is 4.10. The maximum absolute atomic E-state index is 13.0. The van der Waals surface area contributed by atoms with Crippen molar-refractivity contribution in [3.63, 3.8) is 0 Å². The van der Waals surface area contributed by atoms with Crippen molar-refractivity contribution in [2.45, 2.75) is 347 Å². The molecule has 0 aromatic heterocycles. The van der Waals surface area contributed by atoms with Gasteiger partial charge in [0.15, 0.2) is 0 Å². The number of aliphatic hydroxyl groups excluding tert-OH is 1. The molecular formula is C65H129N2O6P. The van der Waals surface area contributed by atoms with E-state index in [1.165, 1.54) is 276 Å². The highest BCUT2D eigenvalue weighted by Gasteiger charge is 2.23. The average Bonchev–Trinajstić information content (AvgIpc) is 3.36. The summed E-state index contributed by atoms with van der Waals surface area (Å²) in [5.41, 5.74) is 0. The number of hydrogen-bond donors (Lipinski definition) is 2. The molecule has 0 aromatic rings. The second-order valence-corrected chi connectivity index (χ2v) is 25.2. The van der Waals surface area contributed by atoms with Crippen LogP contribution in [0.4, 0.5) is 0 Å². The molecule has 3 atom stereocenters. The lowest BCUT2D eigenvalue weighted by Crippen LogP contribution is -2.45. The number of carbonyl (C=O) groups excluding carboxylic acids is 1. The lowest BCUT2D eigenvalue weighted by atomic mass is 10.0. The molecule has 0 saturated heterocycles.